The van der Waals surface area contributed by atoms with Gasteiger partial charge in [0, 0.05) is 58.2 Å². The van der Waals surface area contributed by atoms with E-state index in [1.54, 1.807) is 0 Å². The van der Waals surface area contributed by atoms with Crippen molar-refractivity contribution in [2.45, 2.75) is 12.6 Å². The number of para-hydroxylation sites is 2. The van der Waals surface area contributed by atoms with E-state index in [0.29, 0.717) is 12.3 Å². The smallest absolute Gasteiger partial charge is 0.159 e. The van der Waals surface area contributed by atoms with E-state index in [2.05, 4.69) is 155 Å². The number of hydrogen-bond acceptors (Lipinski definition) is 5. The first-order valence-corrected chi connectivity index (χ1v) is 19.8. The van der Waals surface area contributed by atoms with Crippen molar-refractivity contribution in [3.8, 4) is 16.8 Å². The summed E-state index contributed by atoms with van der Waals surface area (Å²) in [5, 5.41) is 11.0. The van der Waals surface area contributed by atoms with E-state index in [-0.39, 0.29) is 6.17 Å². The Labute approximate surface area is 325 Å². The molecule has 1 N–H and O–H groups in total. The normalized spacial score (nSPS) is 15.4. The molecule has 12 rings (SSSR count). The topological polar surface area (TPSA) is 54.8 Å². The quantitative estimate of drug-likeness (QED) is 0.191. The fourth-order valence-corrected chi connectivity index (χ4v) is 10.1. The molecule has 0 saturated carbocycles. The highest BCUT2D eigenvalue weighted by molar-refractivity contribution is 7.26. The summed E-state index contributed by atoms with van der Waals surface area (Å²) in [4.78, 5) is 10.2. The van der Waals surface area contributed by atoms with E-state index < -0.39 is 0 Å². The standard InChI is InChI=1S/C50H32N4OS/c1-3-14-30(15-4-1)48-51-49(31-16-5-2-6-17-31)53-50(52-48)38-29-28-36-44-34(20-12-26-42(44)55-46(36)38)35-21-11-22-37-45-41(25-13-27-43(45)56-47(35)37)54-39-23-9-7-18-32(39)33-19-8-10-24-40(33)54/h1-28,48H,29H2,(H,51,52,53). The van der Waals surface area contributed by atoms with Crippen LogP contribution in [0.1, 0.15) is 23.7 Å². The van der Waals surface area contributed by atoms with Gasteiger partial charge in [-0.05, 0) is 47.9 Å². The van der Waals surface area contributed by atoms with E-state index in [1.807, 2.05) is 35.6 Å². The lowest BCUT2D eigenvalue weighted by Crippen LogP contribution is -2.36. The Morgan fingerprint density at radius 3 is 2.11 bits per heavy atom. The van der Waals surface area contributed by atoms with Gasteiger partial charge in [-0.2, -0.15) is 0 Å². The largest absolute Gasteiger partial charge is 0.456 e. The van der Waals surface area contributed by atoms with Crippen LogP contribution in [0.3, 0.4) is 0 Å². The molecule has 3 aromatic heterocycles. The van der Waals surface area contributed by atoms with Crippen LogP contribution in [0.4, 0.5) is 0 Å². The monoisotopic (exact) mass is 736 g/mol. The third-order valence-corrected chi connectivity index (χ3v) is 12.5. The Morgan fingerprint density at radius 1 is 0.625 bits per heavy atom. The summed E-state index contributed by atoms with van der Waals surface area (Å²) in [6.45, 7) is 0. The molecule has 1 atom stereocenters. The molecule has 1 aliphatic carbocycles. The number of furan rings is 1. The van der Waals surface area contributed by atoms with E-state index in [4.69, 9.17) is 14.4 Å². The number of amidine groups is 2. The minimum atomic E-state index is -0.270. The Morgan fingerprint density at radius 2 is 1.30 bits per heavy atom. The highest BCUT2D eigenvalue weighted by Gasteiger charge is 2.26. The first-order chi connectivity index (χ1) is 27.8. The van der Waals surface area contributed by atoms with Crippen LogP contribution in [-0.2, 0) is 0 Å². The number of thiophene rings is 1. The summed E-state index contributed by atoms with van der Waals surface area (Å²) in [6, 6.07) is 58.0. The SMILES string of the molecule is C1=c2c(oc3cccc(-c4cccc5c4sc4cccc(-n6c7ccccc7c7ccccc76)c45)c23)=C(C2=NC(c3ccccc3)=NC(c3ccccc3)N2)C1. The van der Waals surface area contributed by atoms with Gasteiger partial charge < -0.3 is 14.3 Å². The molecule has 1 unspecified atom stereocenters. The molecular weight excluding hydrogens is 705 g/mol. The average molecular weight is 737 g/mol. The van der Waals surface area contributed by atoms with Crippen molar-refractivity contribution >= 4 is 87.6 Å². The molecule has 0 saturated heterocycles. The lowest BCUT2D eigenvalue weighted by Gasteiger charge is -2.23. The maximum atomic E-state index is 6.81. The summed E-state index contributed by atoms with van der Waals surface area (Å²) in [6.07, 6.45) is 2.75. The van der Waals surface area contributed by atoms with Crippen molar-refractivity contribution in [1.82, 2.24) is 9.88 Å². The Balaban J connectivity index is 1.05. The molecule has 0 bridgehead atoms. The maximum absolute atomic E-state index is 6.81. The third kappa shape index (κ3) is 4.66. The third-order valence-electron chi connectivity index (χ3n) is 11.3. The fraction of sp³-hybridized carbons (Fsp3) is 0.0400. The maximum Gasteiger partial charge on any atom is 0.159 e. The van der Waals surface area contributed by atoms with E-state index >= 15 is 0 Å². The molecule has 1 aliphatic heterocycles. The number of hydrogen-bond donors (Lipinski definition) is 1. The molecule has 0 radical (unpaired) electrons. The van der Waals surface area contributed by atoms with Crippen molar-refractivity contribution < 1.29 is 4.42 Å². The minimum Gasteiger partial charge on any atom is -0.456 e. The van der Waals surface area contributed by atoms with Gasteiger partial charge in [0.1, 0.15) is 23.0 Å². The van der Waals surface area contributed by atoms with Crippen LogP contribution in [0.5, 0.6) is 0 Å². The molecule has 2 aliphatic rings. The zero-order valence-electron chi connectivity index (χ0n) is 30.1. The van der Waals surface area contributed by atoms with Crippen molar-refractivity contribution in [2.75, 3.05) is 0 Å². The highest BCUT2D eigenvalue weighted by atomic mass is 32.1. The summed E-state index contributed by atoms with van der Waals surface area (Å²) >= 11 is 1.87. The number of aromatic nitrogens is 1. The lowest BCUT2D eigenvalue weighted by molar-refractivity contribution is 0.573. The average Bonchev–Trinajstić information content (AvgIpc) is 4.03. The fourth-order valence-electron chi connectivity index (χ4n) is 8.85. The van der Waals surface area contributed by atoms with E-state index in [9.17, 15) is 0 Å². The molecule has 0 fully saturated rings. The van der Waals surface area contributed by atoms with Gasteiger partial charge in [0.2, 0.25) is 0 Å². The van der Waals surface area contributed by atoms with Crippen molar-refractivity contribution in [3.05, 3.63) is 186 Å². The molecule has 56 heavy (non-hydrogen) atoms. The number of nitrogens with zero attached hydrogens (tertiary/aromatic N) is 3. The lowest BCUT2D eigenvalue weighted by atomic mass is 9.98. The van der Waals surface area contributed by atoms with Gasteiger partial charge in [-0.3, -0.25) is 0 Å². The van der Waals surface area contributed by atoms with E-state index in [0.717, 1.165) is 44.1 Å². The second kappa shape index (κ2) is 12.2. The molecule has 4 heterocycles. The zero-order valence-corrected chi connectivity index (χ0v) is 30.9. The summed E-state index contributed by atoms with van der Waals surface area (Å²) in [5.74, 6) is 1.51. The molecule has 5 nitrogen and oxygen atoms in total. The Kier molecular flexibility index (Phi) is 6.86. The summed E-state index contributed by atoms with van der Waals surface area (Å²) in [5.41, 5.74) is 10.9. The Hall–Kier alpha value is -7.02. The Bertz CT molecular complexity index is 3370. The molecule has 0 amide bonds. The molecular formula is C50H32N4OS. The van der Waals surface area contributed by atoms with Crippen molar-refractivity contribution in [3.63, 3.8) is 0 Å². The first-order valence-electron chi connectivity index (χ1n) is 19.0. The second-order valence-corrected chi connectivity index (χ2v) is 15.5. The van der Waals surface area contributed by atoms with Gasteiger partial charge in [-0.15, -0.1) is 11.3 Å². The van der Waals surface area contributed by atoms with Gasteiger partial charge in [-0.1, -0.05) is 140 Å². The van der Waals surface area contributed by atoms with Crippen LogP contribution in [0.2, 0.25) is 0 Å². The van der Waals surface area contributed by atoms with Crippen LogP contribution >= 0.6 is 11.3 Å². The van der Waals surface area contributed by atoms with Gasteiger partial charge in [0.05, 0.1) is 16.7 Å². The summed E-state index contributed by atoms with van der Waals surface area (Å²) < 4.78 is 11.8. The highest BCUT2D eigenvalue weighted by Crippen LogP contribution is 2.45. The van der Waals surface area contributed by atoms with Gasteiger partial charge in [0.15, 0.2) is 5.84 Å². The molecule has 6 heteroatoms. The predicted octanol–water partition coefficient (Wildman–Crippen LogP) is 11.0. The summed E-state index contributed by atoms with van der Waals surface area (Å²) in [7, 11) is 0. The zero-order chi connectivity index (χ0) is 36.7. The number of aliphatic imine (C=N–C) groups is 2. The van der Waals surface area contributed by atoms with Crippen LogP contribution in [-0.4, -0.2) is 16.2 Å². The molecule has 10 aromatic rings. The molecule has 7 aromatic carbocycles. The van der Waals surface area contributed by atoms with Crippen LogP contribution < -0.4 is 16.0 Å². The minimum absolute atomic E-state index is 0.270. The number of nitrogens with one attached hydrogen (secondary N) is 1. The molecule has 0 spiro atoms. The second-order valence-electron chi connectivity index (χ2n) is 14.5. The van der Waals surface area contributed by atoms with Crippen LogP contribution in [0.15, 0.2) is 178 Å². The first kappa shape index (κ1) is 31.3. The van der Waals surface area contributed by atoms with E-state index in [1.165, 1.54) is 58.8 Å². The molecule has 264 valence electrons. The predicted molar refractivity (Wildman–Crippen MR) is 233 cm³/mol. The van der Waals surface area contributed by atoms with Gasteiger partial charge in [0.25, 0.3) is 0 Å². The van der Waals surface area contributed by atoms with Gasteiger partial charge in [-0.25, -0.2) is 9.98 Å². The van der Waals surface area contributed by atoms with Crippen LogP contribution in [0.25, 0.3) is 81.4 Å². The van der Waals surface area contributed by atoms with Crippen LogP contribution in [0, 0.1) is 0 Å². The van der Waals surface area contributed by atoms with Gasteiger partial charge >= 0.3 is 0 Å². The van der Waals surface area contributed by atoms with Crippen molar-refractivity contribution in [2.24, 2.45) is 9.98 Å². The number of fused-ring (bicyclic) bond motifs is 9. The van der Waals surface area contributed by atoms with Crippen molar-refractivity contribution in [1.29, 1.82) is 0 Å². The number of benzene rings is 7. The number of rotatable bonds is 5.